The summed E-state index contributed by atoms with van der Waals surface area (Å²) in [5, 5.41) is 0. The molecular formula is C15H30N2O. The third kappa shape index (κ3) is 4.97. The van der Waals surface area contributed by atoms with Gasteiger partial charge in [0.15, 0.2) is 0 Å². The Morgan fingerprint density at radius 2 is 1.78 bits per heavy atom. The maximum absolute atomic E-state index is 12.0. The van der Waals surface area contributed by atoms with Gasteiger partial charge in [-0.1, -0.05) is 20.8 Å². The fourth-order valence-corrected chi connectivity index (χ4v) is 2.70. The highest BCUT2D eigenvalue weighted by molar-refractivity contribution is 5.76. The summed E-state index contributed by atoms with van der Waals surface area (Å²) >= 11 is 0. The highest BCUT2D eigenvalue weighted by atomic mass is 16.2. The summed E-state index contributed by atoms with van der Waals surface area (Å²) in [4.78, 5) is 16.2. The summed E-state index contributed by atoms with van der Waals surface area (Å²) in [6, 6.07) is 0. The van der Waals surface area contributed by atoms with Crippen molar-refractivity contribution in [2.45, 2.75) is 46.5 Å². The van der Waals surface area contributed by atoms with E-state index in [1.807, 2.05) is 0 Å². The first-order valence-electron chi connectivity index (χ1n) is 7.23. The van der Waals surface area contributed by atoms with Crippen molar-refractivity contribution in [3.63, 3.8) is 0 Å². The van der Waals surface area contributed by atoms with Crippen molar-refractivity contribution in [3.8, 4) is 0 Å². The summed E-state index contributed by atoms with van der Waals surface area (Å²) in [6.45, 7) is 9.86. The first-order valence-corrected chi connectivity index (χ1v) is 7.23. The van der Waals surface area contributed by atoms with Gasteiger partial charge in [-0.15, -0.1) is 0 Å². The van der Waals surface area contributed by atoms with E-state index in [1.165, 1.54) is 12.8 Å². The standard InChI is InChI=1S/C15H30N2O/c1-15(2,3)13-8-11-17(12-9-13)14(18)7-6-10-16(4)5/h13H,6-12H2,1-5H3. The van der Waals surface area contributed by atoms with E-state index in [2.05, 4.69) is 44.7 Å². The molecule has 0 atom stereocenters. The number of hydrogen-bond acceptors (Lipinski definition) is 2. The smallest absolute Gasteiger partial charge is 0.222 e. The van der Waals surface area contributed by atoms with E-state index in [4.69, 9.17) is 0 Å². The molecule has 1 aliphatic rings. The van der Waals surface area contributed by atoms with Crippen LogP contribution in [0.5, 0.6) is 0 Å². The molecular weight excluding hydrogens is 224 g/mol. The lowest BCUT2D eigenvalue weighted by Gasteiger charge is -2.38. The Hall–Kier alpha value is -0.570. The first kappa shape index (κ1) is 15.5. The van der Waals surface area contributed by atoms with Crippen molar-refractivity contribution in [2.75, 3.05) is 33.7 Å². The lowest BCUT2D eigenvalue weighted by atomic mass is 9.75. The Labute approximate surface area is 113 Å². The van der Waals surface area contributed by atoms with Crippen molar-refractivity contribution >= 4 is 5.91 Å². The molecule has 1 saturated heterocycles. The van der Waals surface area contributed by atoms with Crippen LogP contribution in [0.4, 0.5) is 0 Å². The SMILES string of the molecule is CN(C)CCCC(=O)N1CCC(C(C)(C)C)CC1. The van der Waals surface area contributed by atoms with Crippen molar-refractivity contribution in [1.29, 1.82) is 0 Å². The van der Waals surface area contributed by atoms with E-state index < -0.39 is 0 Å². The number of hydrogen-bond donors (Lipinski definition) is 0. The second kappa shape index (κ2) is 6.55. The minimum absolute atomic E-state index is 0.351. The van der Waals surface area contributed by atoms with Crippen molar-refractivity contribution in [3.05, 3.63) is 0 Å². The van der Waals surface area contributed by atoms with E-state index in [-0.39, 0.29) is 0 Å². The van der Waals surface area contributed by atoms with Gasteiger partial charge in [0, 0.05) is 19.5 Å². The highest BCUT2D eigenvalue weighted by Crippen LogP contribution is 2.34. The molecule has 0 bridgehead atoms. The fraction of sp³-hybridized carbons (Fsp3) is 0.933. The zero-order valence-corrected chi connectivity index (χ0v) is 12.8. The van der Waals surface area contributed by atoms with Gasteiger partial charge >= 0.3 is 0 Å². The lowest BCUT2D eigenvalue weighted by molar-refractivity contribution is -0.133. The minimum Gasteiger partial charge on any atom is -0.343 e. The van der Waals surface area contributed by atoms with Crippen LogP contribution in [0.1, 0.15) is 46.5 Å². The molecule has 0 aliphatic carbocycles. The van der Waals surface area contributed by atoms with Gasteiger partial charge in [0.05, 0.1) is 0 Å². The predicted octanol–water partition coefficient (Wildman–Crippen LogP) is 2.61. The third-order valence-electron chi connectivity index (χ3n) is 4.07. The molecule has 1 amide bonds. The molecule has 0 N–H and O–H groups in total. The number of piperidine rings is 1. The van der Waals surface area contributed by atoms with Crippen LogP contribution in [0.25, 0.3) is 0 Å². The van der Waals surface area contributed by atoms with E-state index in [1.54, 1.807) is 0 Å². The van der Waals surface area contributed by atoms with E-state index >= 15 is 0 Å². The van der Waals surface area contributed by atoms with Crippen LogP contribution < -0.4 is 0 Å². The van der Waals surface area contributed by atoms with Gasteiger partial charge in [0.2, 0.25) is 5.91 Å². The molecule has 0 aromatic carbocycles. The first-order chi connectivity index (χ1) is 8.30. The summed E-state index contributed by atoms with van der Waals surface area (Å²) in [7, 11) is 4.11. The second-order valence-electron chi connectivity index (χ2n) is 6.93. The highest BCUT2D eigenvalue weighted by Gasteiger charge is 2.29. The van der Waals surface area contributed by atoms with Gasteiger partial charge in [0.25, 0.3) is 0 Å². The van der Waals surface area contributed by atoms with Gasteiger partial charge in [-0.05, 0) is 51.2 Å². The van der Waals surface area contributed by atoms with Crippen molar-refractivity contribution in [2.24, 2.45) is 11.3 Å². The number of carbonyl (C=O) groups excluding carboxylic acids is 1. The summed E-state index contributed by atoms with van der Waals surface area (Å²) in [6.07, 6.45) is 4.02. The second-order valence-corrected chi connectivity index (χ2v) is 6.93. The molecule has 1 heterocycles. The fourth-order valence-electron chi connectivity index (χ4n) is 2.70. The van der Waals surface area contributed by atoms with Gasteiger partial charge in [-0.25, -0.2) is 0 Å². The van der Waals surface area contributed by atoms with Gasteiger partial charge < -0.3 is 9.80 Å². The molecule has 3 heteroatoms. The molecule has 18 heavy (non-hydrogen) atoms. The van der Waals surface area contributed by atoms with Crippen LogP contribution in [0.15, 0.2) is 0 Å². The summed E-state index contributed by atoms with van der Waals surface area (Å²) in [5.41, 5.74) is 0.389. The topological polar surface area (TPSA) is 23.6 Å². The van der Waals surface area contributed by atoms with Crippen LogP contribution in [-0.2, 0) is 4.79 Å². The van der Waals surface area contributed by atoms with Crippen LogP contribution in [-0.4, -0.2) is 49.4 Å². The van der Waals surface area contributed by atoms with Crippen LogP contribution in [0.2, 0.25) is 0 Å². The van der Waals surface area contributed by atoms with Gasteiger partial charge in [-0.2, -0.15) is 0 Å². The average Bonchev–Trinajstić information content (AvgIpc) is 2.27. The molecule has 106 valence electrons. The Bertz CT molecular complexity index is 260. The molecule has 0 saturated carbocycles. The molecule has 0 spiro atoms. The molecule has 0 aromatic heterocycles. The van der Waals surface area contributed by atoms with E-state index in [0.717, 1.165) is 32.0 Å². The minimum atomic E-state index is 0.351. The number of nitrogens with zero attached hydrogens (tertiary/aromatic N) is 2. The molecule has 1 fully saturated rings. The van der Waals surface area contributed by atoms with Crippen molar-refractivity contribution in [1.82, 2.24) is 9.80 Å². The number of carbonyl (C=O) groups is 1. The average molecular weight is 254 g/mol. The monoisotopic (exact) mass is 254 g/mol. The third-order valence-corrected chi connectivity index (χ3v) is 4.07. The molecule has 1 rings (SSSR count). The molecule has 1 aliphatic heterocycles. The number of amides is 1. The largest absolute Gasteiger partial charge is 0.343 e. The zero-order valence-electron chi connectivity index (χ0n) is 12.8. The normalized spacial score (nSPS) is 18.4. The molecule has 3 nitrogen and oxygen atoms in total. The summed E-state index contributed by atoms with van der Waals surface area (Å²) < 4.78 is 0. The van der Waals surface area contributed by atoms with E-state index in [9.17, 15) is 4.79 Å². The zero-order chi connectivity index (χ0) is 13.8. The Morgan fingerprint density at radius 1 is 1.22 bits per heavy atom. The van der Waals surface area contributed by atoms with Crippen molar-refractivity contribution < 1.29 is 4.79 Å². The maximum Gasteiger partial charge on any atom is 0.222 e. The number of likely N-dealkylation sites (tertiary alicyclic amines) is 1. The van der Waals surface area contributed by atoms with Crippen LogP contribution >= 0.6 is 0 Å². The predicted molar refractivity (Wildman–Crippen MR) is 76.5 cm³/mol. The molecule has 0 aromatic rings. The molecule has 0 radical (unpaired) electrons. The summed E-state index contributed by atoms with van der Waals surface area (Å²) in [5.74, 6) is 1.12. The Kier molecular flexibility index (Phi) is 5.64. The van der Waals surface area contributed by atoms with E-state index in [0.29, 0.717) is 17.7 Å². The lowest BCUT2D eigenvalue weighted by Crippen LogP contribution is -2.41. The van der Waals surface area contributed by atoms with Crippen LogP contribution in [0.3, 0.4) is 0 Å². The van der Waals surface area contributed by atoms with Gasteiger partial charge in [-0.3, -0.25) is 4.79 Å². The maximum atomic E-state index is 12.0. The van der Waals surface area contributed by atoms with Gasteiger partial charge in [0.1, 0.15) is 0 Å². The quantitative estimate of drug-likeness (QED) is 0.770. The van der Waals surface area contributed by atoms with Crippen LogP contribution in [0, 0.1) is 11.3 Å². The Balaban J connectivity index is 2.28. The molecule has 0 unspecified atom stereocenters. The number of rotatable bonds is 4. The Morgan fingerprint density at radius 3 is 2.22 bits per heavy atom.